The summed E-state index contributed by atoms with van der Waals surface area (Å²) in [6, 6.07) is 7.40. The number of amides is 1. The lowest BCUT2D eigenvalue weighted by Gasteiger charge is -2.09. The number of ether oxygens (including phenoxy) is 1. The summed E-state index contributed by atoms with van der Waals surface area (Å²) in [6.07, 6.45) is 2.41. The summed E-state index contributed by atoms with van der Waals surface area (Å²) in [5.74, 6) is 0.536. The van der Waals surface area contributed by atoms with Crippen molar-refractivity contribution in [3.63, 3.8) is 0 Å². The lowest BCUT2D eigenvalue weighted by molar-refractivity contribution is 0.0952. The maximum Gasteiger partial charge on any atom is 0.251 e. The van der Waals surface area contributed by atoms with Crippen LogP contribution in [0.15, 0.2) is 34.9 Å². The SMILES string of the molecule is CCOc1cc(C(=O)NCCCn2nc(C)cc2C)cc2occc12. The van der Waals surface area contributed by atoms with Crippen LogP contribution in [0, 0.1) is 13.8 Å². The number of rotatable bonds is 7. The van der Waals surface area contributed by atoms with Gasteiger partial charge in [0.15, 0.2) is 0 Å². The molecule has 0 aliphatic carbocycles. The molecule has 3 rings (SSSR count). The number of carbonyl (C=O) groups excluding carboxylic acids is 1. The van der Waals surface area contributed by atoms with E-state index in [4.69, 9.17) is 9.15 Å². The Kier molecular flexibility index (Phi) is 5.07. The van der Waals surface area contributed by atoms with Gasteiger partial charge in [0, 0.05) is 24.3 Å². The van der Waals surface area contributed by atoms with E-state index < -0.39 is 0 Å². The molecule has 6 nitrogen and oxygen atoms in total. The highest BCUT2D eigenvalue weighted by molar-refractivity contribution is 5.99. The van der Waals surface area contributed by atoms with Gasteiger partial charge >= 0.3 is 0 Å². The second-order valence-corrected chi connectivity index (χ2v) is 6.00. The molecule has 0 atom stereocenters. The number of carbonyl (C=O) groups is 1. The Balaban J connectivity index is 1.61. The van der Waals surface area contributed by atoms with E-state index in [2.05, 4.69) is 10.4 Å². The maximum atomic E-state index is 12.4. The molecular weight excluding hydrogens is 318 g/mol. The fourth-order valence-electron chi connectivity index (χ4n) is 2.88. The largest absolute Gasteiger partial charge is 0.493 e. The predicted molar refractivity (Wildman–Crippen MR) is 96.0 cm³/mol. The second-order valence-electron chi connectivity index (χ2n) is 6.00. The summed E-state index contributed by atoms with van der Waals surface area (Å²) in [5, 5.41) is 8.24. The summed E-state index contributed by atoms with van der Waals surface area (Å²) < 4.78 is 13.0. The minimum absolute atomic E-state index is 0.132. The van der Waals surface area contributed by atoms with Gasteiger partial charge in [0.05, 0.1) is 24.0 Å². The fraction of sp³-hybridized carbons (Fsp3) is 0.368. The third kappa shape index (κ3) is 3.84. The molecule has 3 aromatic rings. The van der Waals surface area contributed by atoms with Gasteiger partial charge in [0.2, 0.25) is 0 Å². The molecule has 6 heteroatoms. The Hall–Kier alpha value is -2.76. The Bertz CT molecular complexity index is 879. The third-order valence-corrected chi connectivity index (χ3v) is 4.03. The number of hydrogen-bond acceptors (Lipinski definition) is 4. The van der Waals surface area contributed by atoms with Crippen LogP contribution in [0.25, 0.3) is 11.0 Å². The first-order valence-electron chi connectivity index (χ1n) is 8.51. The molecule has 132 valence electrons. The average Bonchev–Trinajstić information content (AvgIpc) is 3.17. The Morgan fingerprint density at radius 1 is 1.32 bits per heavy atom. The third-order valence-electron chi connectivity index (χ3n) is 4.03. The van der Waals surface area contributed by atoms with Gasteiger partial charge in [0.1, 0.15) is 11.3 Å². The van der Waals surface area contributed by atoms with Gasteiger partial charge in [-0.15, -0.1) is 0 Å². The summed E-state index contributed by atoms with van der Waals surface area (Å²) in [7, 11) is 0. The standard InChI is InChI=1S/C19H23N3O3/c1-4-24-17-11-15(12-18-16(17)6-9-25-18)19(23)20-7-5-8-22-14(3)10-13(2)21-22/h6,9-12H,4-5,7-8H2,1-3H3,(H,20,23). The number of benzene rings is 1. The highest BCUT2D eigenvalue weighted by Gasteiger charge is 2.13. The van der Waals surface area contributed by atoms with Crippen LogP contribution < -0.4 is 10.1 Å². The van der Waals surface area contributed by atoms with Crippen LogP contribution in [0.4, 0.5) is 0 Å². The monoisotopic (exact) mass is 341 g/mol. The molecule has 1 aromatic carbocycles. The van der Waals surface area contributed by atoms with Gasteiger partial charge in [-0.3, -0.25) is 9.48 Å². The van der Waals surface area contributed by atoms with Crippen molar-refractivity contribution in [2.75, 3.05) is 13.2 Å². The first-order chi connectivity index (χ1) is 12.1. The van der Waals surface area contributed by atoms with Crippen molar-refractivity contribution in [2.24, 2.45) is 0 Å². The van der Waals surface area contributed by atoms with Crippen LogP contribution in [0.3, 0.4) is 0 Å². The summed E-state index contributed by atoms with van der Waals surface area (Å²) in [4.78, 5) is 12.4. The predicted octanol–water partition coefficient (Wildman–Crippen LogP) is 3.46. The van der Waals surface area contributed by atoms with Crippen molar-refractivity contribution in [1.82, 2.24) is 15.1 Å². The van der Waals surface area contributed by atoms with Crippen LogP contribution in [-0.2, 0) is 6.54 Å². The molecule has 0 aliphatic heterocycles. The number of furan rings is 1. The minimum Gasteiger partial charge on any atom is -0.493 e. The van der Waals surface area contributed by atoms with E-state index in [1.807, 2.05) is 37.6 Å². The average molecular weight is 341 g/mol. The van der Waals surface area contributed by atoms with E-state index in [0.717, 1.165) is 29.7 Å². The highest BCUT2D eigenvalue weighted by Crippen LogP contribution is 2.28. The zero-order valence-corrected chi connectivity index (χ0v) is 14.8. The molecule has 0 radical (unpaired) electrons. The Labute approximate surface area is 146 Å². The van der Waals surface area contributed by atoms with E-state index in [1.165, 1.54) is 0 Å². The van der Waals surface area contributed by atoms with Gasteiger partial charge in [-0.2, -0.15) is 5.10 Å². The van der Waals surface area contributed by atoms with Crippen molar-refractivity contribution in [3.8, 4) is 5.75 Å². The Morgan fingerprint density at radius 3 is 2.88 bits per heavy atom. The highest BCUT2D eigenvalue weighted by atomic mass is 16.5. The zero-order valence-electron chi connectivity index (χ0n) is 14.8. The molecule has 0 fully saturated rings. The molecular formula is C19H23N3O3. The van der Waals surface area contributed by atoms with E-state index in [1.54, 1.807) is 18.4 Å². The van der Waals surface area contributed by atoms with Crippen molar-refractivity contribution >= 4 is 16.9 Å². The molecule has 0 bridgehead atoms. The second kappa shape index (κ2) is 7.42. The first kappa shape index (κ1) is 17.1. The van der Waals surface area contributed by atoms with Gasteiger partial charge in [-0.05, 0) is 51.5 Å². The number of aromatic nitrogens is 2. The number of fused-ring (bicyclic) bond motifs is 1. The number of nitrogens with one attached hydrogen (secondary N) is 1. The summed E-state index contributed by atoms with van der Waals surface area (Å²) >= 11 is 0. The normalized spacial score (nSPS) is 11.0. The topological polar surface area (TPSA) is 69.3 Å². The smallest absolute Gasteiger partial charge is 0.251 e. The number of nitrogens with zero attached hydrogens (tertiary/aromatic N) is 2. The van der Waals surface area contributed by atoms with Gasteiger partial charge in [-0.1, -0.05) is 0 Å². The first-order valence-corrected chi connectivity index (χ1v) is 8.51. The van der Waals surface area contributed by atoms with Gasteiger partial charge < -0.3 is 14.5 Å². The molecule has 1 amide bonds. The molecule has 0 aliphatic rings. The van der Waals surface area contributed by atoms with E-state index >= 15 is 0 Å². The molecule has 2 aromatic heterocycles. The molecule has 0 spiro atoms. The van der Waals surface area contributed by atoms with E-state index in [9.17, 15) is 4.79 Å². The lowest BCUT2D eigenvalue weighted by atomic mass is 10.1. The van der Waals surface area contributed by atoms with Gasteiger partial charge in [-0.25, -0.2) is 0 Å². The number of hydrogen-bond donors (Lipinski definition) is 1. The quantitative estimate of drug-likeness (QED) is 0.668. The van der Waals surface area contributed by atoms with E-state index in [-0.39, 0.29) is 5.91 Å². The van der Waals surface area contributed by atoms with Crippen molar-refractivity contribution < 1.29 is 13.9 Å². The lowest BCUT2D eigenvalue weighted by Crippen LogP contribution is -2.25. The molecule has 25 heavy (non-hydrogen) atoms. The fourth-order valence-corrected chi connectivity index (χ4v) is 2.88. The van der Waals surface area contributed by atoms with Crippen LogP contribution in [-0.4, -0.2) is 28.8 Å². The minimum atomic E-state index is -0.132. The molecule has 1 N–H and O–H groups in total. The van der Waals surface area contributed by atoms with Crippen molar-refractivity contribution in [2.45, 2.75) is 33.7 Å². The zero-order chi connectivity index (χ0) is 17.8. The number of aryl methyl sites for hydroxylation is 3. The van der Waals surface area contributed by atoms with Crippen LogP contribution in [0.5, 0.6) is 5.75 Å². The van der Waals surface area contributed by atoms with Gasteiger partial charge in [0.25, 0.3) is 5.91 Å². The summed E-state index contributed by atoms with van der Waals surface area (Å²) in [6.45, 7) is 7.82. The molecule has 0 unspecified atom stereocenters. The molecule has 2 heterocycles. The van der Waals surface area contributed by atoms with E-state index in [0.29, 0.717) is 30.0 Å². The van der Waals surface area contributed by atoms with Crippen LogP contribution in [0.1, 0.15) is 35.1 Å². The van der Waals surface area contributed by atoms with Crippen molar-refractivity contribution in [3.05, 3.63) is 47.5 Å². The Morgan fingerprint density at radius 2 is 2.16 bits per heavy atom. The molecule has 0 saturated carbocycles. The van der Waals surface area contributed by atoms with Crippen LogP contribution >= 0.6 is 0 Å². The maximum absolute atomic E-state index is 12.4. The summed E-state index contributed by atoms with van der Waals surface area (Å²) in [5.41, 5.74) is 3.33. The molecule has 0 saturated heterocycles. The van der Waals surface area contributed by atoms with Crippen molar-refractivity contribution in [1.29, 1.82) is 0 Å². The van der Waals surface area contributed by atoms with Crippen LogP contribution in [0.2, 0.25) is 0 Å².